The van der Waals surface area contributed by atoms with Gasteiger partial charge in [-0.25, -0.2) is 4.98 Å². The van der Waals surface area contributed by atoms with Gasteiger partial charge >= 0.3 is 0 Å². The van der Waals surface area contributed by atoms with Crippen LogP contribution >= 0.6 is 11.3 Å². The molecule has 29 heavy (non-hydrogen) atoms. The quantitative estimate of drug-likeness (QED) is 0.473. The predicted molar refractivity (Wildman–Crippen MR) is 117 cm³/mol. The van der Waals surface area contributed by atoms with E-state index >= 15 is 0 Å². The molecule has 2 aromatic heterocycles. The first kappa shape index (κ1) is 18.1. The predicted octanol–water partition coefficient (Wildman–Crippen LogP) is 5.17. The van der Waals surface area contributed by atoms with Crippen molar-refractivity contribution in [3.05, 3.63) is 88.5 Å². The van der Waals surface area contributed by atoms with E-state index in [1.54, 1.807) is 11.3 Å². The van der Waals surface area contributed by atoms with Crippen LogP contribution in [-0.2, 0) is 6.54 Å². The molecule has 1 unspecified atom stereocenters. The van der Waals surface area contributed by atoms with Gasteiger partial charge in [0.2, 0.25) is 0 Å². The molecule has 1 aliphatic rings. The number of carbonyl (C=O) groups is 1. The highest BCUT2D eigenvalue weighted by Gasteiger charge is 2.28. The van der Waals surface area contributed by atoms with Gasteiger partial charge in [-0.1, -0.05) is 48.5 Å². The number of amides is 1. The molecule has 5 heteroatoms. The minimum atomic E-state index is 0.134. The summed E-state index contributed by atoms with van der Waals surface area (Å²) in [7, 11) is 0. The summed E-state index contributed by atoms with van der Waals surface area (Å²) < 4.78 is 2.19. The van der Waals surface area contributed by atoms with Crippen molar-refractivity contribution >= 4 is 28.1 Å². The Hall–Kier alpha value is -2.92. The number of piperidine rings is 1. The highest BCUT2D eigenvalue weighted by Crippen LogP contribution is 2.30. The van der Waals surface area contributed by atoms with Crippen LogP contribution in [-0.4, -0.2) is 33.4 Å². The monoisotopic (exact) mass is 401 g/mol. The van der Waals surface area contributed by atoms with Gasteiger partial charge in [0.25, 0.3) is 5.91 Å². The summed E-state index contributed by atoms with van der Waals surface area (Å²) in [4.78, 5) is 20.0. The molecule has 1 aliphatic heterocycles. The van der Waals surface area contributed by atoms with E-state index in [0.717, 1.165) is 53.9 Å². The summed E-state index contributed by atoms with van der Waals surface area (Å²) in [5.41, 5.74) is 3.14. The van der Waals surface area contributed by atoms with Gasteiger partial charge in [-0.3, -0.25) is 4.79 Å². The summed E-state index contributed by atoms with van der Waals surface area (Å²) in [5.74, 6) is 0.486. The smallest absolute Gasteiger partial charge is 0.256 e. The number of hydrogen-bond donors (Lipinski definition) is 0. The molecule has 0 bridgehead atoms. The molecule has 1 amide bonds. The summed E-state index contributed by atoms with van der Waals surface area (Å²) in [6, 6.07) is 18.6. The van der Waals surface area contributed by atoms with Gasteiger partial charge in [0.15, 0.2) is 0 Å². The first-order chi connectivity index (χ1) is 14.3. The molecule has 1 atom stereocenters. The van der Waals surface area contributed by atoms with Gasteiger partial charge in [-0.05, 0) is 24.5 Å². The Morgan fingerprint density at radius 3 is 2.76 bits per heavy atom. The van der Waals surface area contributed by atoms with Crippen LogP contribution in [0.25, 0.3) is 10.9 Å². The number of hydrogen-bond acceptors (Lipinski definition) is 3. The molecule has 0 saturated carbocycles. The van der Waals surface area contributed by atoms with Gasteiger partial charge in [-0.15, -0.1) is 11.3 Å². The zero-order chi connectivity index (χ0) is 19.6. The average Bonchev–Trinajstić information content (AvgIpc) is 3.43. The molecular formula is C24H23N3OS. The molecule has 0 aliphatic carbocycles. The van der Waals surface area contributed by atoms with E-state index in [0.29, 0.717) is 5.92 Å². The number of nitrogens with zero attached hydrogens (tertiary/aromatic N) is 3. The second-order valence-corrected chi connectivity index (χ2v) is 8.56. The van der Waals surface area contributed by atoms with Crippen LogP contribution < -0.4 is 0 Å². The Bertz CT molecular complexity index is 1120. The van der Waals surface area contributed by atoms with Gasteiger partial charge in [-0.2, -0.15) is 0 Å². The number of aromatic nitrogens is 2. The fourth-order valence-electron chi connectivity index (χ4n) is 4.30. The first-order valence-corrected chi connectivity index (χ1v) is 11.0. The zero-order valence-electron chi connectivity index (χ0n) is 16.2. The Balaban J connectivity index is 1.46. The summed E-state index contributed by atoms with van der Waals surface area (Å²) >= 11 is 1.69. The SMILES string of the molecule is O=C(c1cn(Cc2ccccc2)c2ccccc12)N1CCCC(c2nccs2)C1. The Morgan fingerprint density at radius 2 is 1.93 bits per heavy atom. The van der Waals surface area contributed by atoms with Crippen molar-refractivity contribution in [1.82, 2.24) is 14.5 Å². The van der Waals surface area contributed by atoms with Crippen molar-refractivity contribution in [2.75, 3.05) is 13.1 Å². The lowest BCUT2D eigenvalue weighted by molar-refractivity contribution is 0.0709. The topological polar surface area (TPSA) is 38.1 Å². The molecule has 0 N–H and O–H groups in total. The lowest BCUT2D eigenvalue weighted by Crippen LogP contribution is -2.39. The van der Waals surface area contributed by atoms with Crippen LogP contribution in [0.3, 0.4) is 0 Å². The molecule has 4 aromatic rings. The fraction of sp³-hybridized carbons (Fsp3) is 0.250. The highest BCUT2D eigenvalue weighted by molar-refractivity contribution is 7.09. The molecule has 2 aromatic carbocycles. The molecule has 5 rings (SSSR count). The van der Waals surface area contributed by atoms with E-state index in [2.05, 4.69) is 45.9 Å². The van der Waals surface area contributed by atoms with Crippen LogP contribution in [0, 0.1) is 0 Å². The van der Waals surface area contributed by atoms with E-state index in [-0.39, 0.29) is 5.91 Å². The van der Waals surface area contributed by atoms with Crippen molar-refractivity contribution in [1.29, 1.82) is 0 Å². The first-order valence-electron chi connectivity index (χ1n) is 10.1. The normalized spacial score (nSPS) is 17.0. The molecule has 3 heterocycles. The van der Waals surface area contributed by atoms with E-state index in [1.165, 1.54) is 5.56 Å². The fourth-order valence-corrected chi connectivity index (χ4v) is 5.07. The van der Waals surface area contributed by atoms with Crippen molar-refractivity contribution < 1.29 is 4.79 Å². The standard InChI is InChI=1S/C24H23N3OS/c28-24(26-13-6-9-19(16-26)23-25-12-14-29-23)21-17-27(15-18-7-2-1-3-8-18)22-11-5-4-10-20(21)22/h1-5,7-8,10-12,14,17,19H,6,9,13,15-16H2. The van der Waals surface area contributed by atoms with Crippen LogP contribution in [0.5, 0.6) is 0 Å². The van der Waals surface area contributed by atoms with E-state index in [1.807, 2.05) is 40.9 Å². The van der Waals surface area contributed by atoms with Crippen molar-refractivity contribution in [2.45, 2.75) is 25.3 Å². The molecule has 0 radical (unpaired) electrons. The molecule has 1 fully saturated rings. The van der Waals surface area contributed by atoms with Gasteiger partial charge in [0.1, 0.15) is 0 Å². The zero-order valence-corrected chi connectivity index (χ0v) is 17.0. The van der Waals surface area contributed by atoms with Gasteiger partial charge in [0.05, 0.1) is 10.6 Å². The Morgan fingerprint density at radius 1 is 1.10 bits per heavy atom. The van der Waals surface area contributed by atoms with Crippen molar-refractivity contribution in [3.8, 4) is 0 Å². The minimum Gasteiger partial charge on any atom is -0.342 e. The average molecular weight is 402 g/mol. The molecular weight excluding hydrogens is 378 g/mol. The highest BCUT2D eigenvalue weighted by atomic mass is 32.1. The Kier molecular flexibility index (Phi) is 4.90. The summed E-state index contributed by atoms with van der Waals surface area (Å²) in [6.45, 7) is 2.33. The van der Waals surface area contributed by atoms with Gasteiger partial charge in [0, 0.05) is 54.2 Å². The summed E-state index contributed by atoms with van der Waals surface area (Å²) in [6.07, 6.45) is 6.02. The van der Waals surface area contributed by atoms with E-state index < -0.39 is 0 Å². The number of thiazole rings is 1. The lowest BCUT2D eigenvalue weighted by atomic mass is 9.98. The largest absolute Gasteiger partial charge is 0.342 e. The van der Waals surface area contributed by atoms with E-state index in [9.17, 15) is 4.79 Å². The number of para-hydroxylation sites is 1. The van der Waals surface area contributed by atoms with Crippen LogP contribution in [0.15, 0.2) is 72.4 Å². The number of fused-ring (bicyclic) bond motifs is 1. The number of rotatable bonds is 4. The number of likely N-dealkylation sites (tertiary alicyclic amines) is 1. The lowest BCUT2D eigenvalue weighted by Gasteiger charge is -2.31. The van der Waals surface area contributed by atoms with Crippen LogP contribution in [0.2, 0.25) is 0 Å². The molecule has 146 valence electrons. The molecule has 1 saturated heterocycles. The number of benzene rings is 2. The van der Waals surface area contributed by atoms with E-state index in [4.69, 9.17) is 0 Å². The summed E-state index contributed by atoms with van der Waals surface area (Å²) in [5, 5.41) is 4.20. The molecule has 0 spiro atoms. The second kappa shape index (κ2) is 7.84. The van der Waals surface area contributed by atoms with Crippen LogP contribution in [0.4, 0.5) is 0 Å². The number of carbonyl (C=O) groups excluding carboxylic acids is 1. The maximum Gasteiger partial charge on any atom is 0.256 e. The minimum absolute atomic E-state index is 0.134. The third kappa shape index (κ3) is 3.58. The third-order valence-corrected chi connectivity index (χ3v) is 6.66. The van der Waals surface area contributed by atoms with Crippen LogP contribution in [0.1, 0.15) is 39.7 Å². The van der Waals surface area contributed by atoms with Crippen molar-refractivity contribution in [2.24, 2.45) is 0 Å². The van der Waals surface area contributed by atoms with Gasteiger partial charge < -0.3 is 9.47 Å². The van der Waals surface area contributed by atoms with Crippen molar-refractivity contribution in [3.63, 3.8) is 0 Å². The third-order valence-electron chi connectivity index (χ3n) is 5.72. The maximum absolute atomic E-state index is 13.5. The maximum atomic E-state index is 13.5. The Labute approximate surface area is 174 Å². The molecule has 4 nitrogen and oxygen atoms in total. The second-order valence-electron chi connectivity index (χ2n) is 7.63.